The van der Waals surface area contributed by atoms with Gasteiger partial charge in [-0.15, -0.1) is 11.3 Å². The molecule has 0 aliphatic carbocycles. The number of thiazole rings is 1. The third kappa shape index (κ3) is 2.38. The van der Waals surface area contributed by atoms with Crippen LogP contribution in [-0.2, 0) is 0 Å². The molecule has 0 atom stereocenters. The van der Waals surface area contributed by atoms with Crippen LogP contribution in [0.3, 0.4) is 0 Å². The summed E-state index contributed by atoms with van der Waals surface area (Å²) >= 11 is 1.41. The molecule has 2 N–H and O–H groups in total. The van der Waals surface area contributed by atoms with Crippen molar-refractivity contribution in [1.29, 1.82) is 0 Å². The molecule has 1 amide bonds. The highest BCUT2D eigenvalue weighted by Crippen LogP contribution is 2.15. The zero-order chi connectivity index (χ0) is 11.4. The van der Waals surface area contributed by atoms with Crippen molar-refractivity contribution in [3.63, 3.8) is 0 Å². The second-order valence-corrected chi connectivity index (χ2v) is 3.97. The summed E-state index contributed by atoms with van der Waals surface area (Å²) in [6.07, 6.45) is 0. The van der Waals surface area contributed by atoms with Crippen LogP contribution >= 0.6 is 11.3 Å². The normalized spacial score (nSPS) is 9.81. The average Bonchev–Trinajstić information content (AvgIpc) is 2.79. The summed E-state index contributed by atoms with van der Waals surface area (Å²) in [4.78, 5) is 15.9. The van der Waals surface area contributed by atoms with E-state index in [1.54, 1.807) is 12.4 Å². The first-order valence-corrected chi connectivity index (χ1v) is 5.67. The molecule has 1 aromatic heterocycles. The summed E-state index contributed by atoms with van der Waals surface area (Å²) in [6, 6.07) is 9.31. The summed E-state index contributed by atoms with van der Waals surface area (Å²) in [7, 11) is 1.78. The first-order valence-electron chi connectivity index (χ1n) is 4.79. The van der Waals surface area contributed by atoms with Crippen LogP contribution < -0.4 is 10.6 Å². The summed E-state index contributed by atoms with van der Waals surface area (Å²) in [6.45, 7) is 0. The van der Waals surface area contributed by atoms with Gasteiger partial charge < -0.3 is 10.6 Å². The minimum Gasteiger partial charge on any atom is -0.365 e. The molecule has 0 unspecified atom stereocenters. The number of carbonyl (C=O) groups is 1. The van der Waals surface area contributed by atoms with E-state index in [9.17, 15) is 4.79 Å². The molecule has 4 nitrogen and oxygen atoms in total. The SMILES string of the molecule is CNc1nc(C(=O)Nc2ccccc2)cs1. The Kier molecular flexibility index (Phi) is 3.16. The fourth-order valence-corrected chi connectivity index (χ4v) is 1.86. The number of benzene rings is 1. The van der Waals surface area contributed by atoms with Crippen LogP contribution in [0.15, 0.2) is 35.7 Å². The molecular weight excluding hydrogens is 222 g/mol. The van der Waals surface area contributed by atoms with Gasteiger partial charge in [-0.2, -0.15) is 0 Å². The first kappa shape index (κ1) is 10.6. The van der Waals surface area contributed by atoms with Crippen LogP contribution in [0.5, 0.6) is 0 Å². The molecule has 2 rings (SSSR count). The minimum atomic E-state index is -0.191. The van der Waals surface area contributed by atoms with E-state index in [4.69, 9.17) is 0 Å². The Morgan fingerprint density at radius 1 is 1.31 bits per heavy atom. The van der Waals surface area contributed by atoms with Crippen molar-refractivity contribution >= 4 is 28.1 Å². The maximum atomic E-state index is 11.7. The average molecular weight is 233 g/mol. The van der Waals surface area contributed by atoms with Gasteiger partial charge in [0.25, 0.3) is 5.91 Å². The second-order valence-electron chi connectivity index (χ2n) is 3.11. The lowest BCUT2D eigenvalue weighted by atomic mass is 10.3. The zero-order valence-corrected chi connectivity index (χ0v) is 9.54. The lowest BCUT2D eigenvalue weighted by Crippen LogP contribution is -2.12. The molecular formula is C11H11N3OS. The highest BCUT2D eigenvalue weighted by Gasteiger charge is 2.09. The second kappa shape index (κ2) is 4.76. The summed E-state index contributed by atoms with van der Waals surface area (Å²) < 4.78 is 0. The molecule has 0 spiro atoms. The number of hydrogen-bond donors (Lipinski definition) is 2. The molecule has 5 heteroatoms. The number of aromatic nitrogens is 1. The summed E-state index contributed by atoms with van der Waals surface area (Å²) in [5.74, 6) is -0.191. The third-order valence-corrected chi connectivity index (χ3v) is 2.84. The number of amides is 1. The number of para-hydroxylation sites is 1. The van der Waals surface area contributed by atoms with Crippen molar-refractivity contribution in [1.82, 2.24) is 4.98 Å². The van der Waals surface area contributed by atoms with Crippen LogP contribution in [-0.4, -0.2) is 17.9 Å². The number of anilines is 2. The van der Waals surface area contributed by atoms with Gasteiger partial charge in [0.1, 0.15) is 5.69 Å². The lowest BCUT2D eigenvalue weighted by Gasteiger charge is -2.01. The maximum absolute atomic E-state index is 11.7. The summed E-state index contributed by atoms with van der Waals surface area (Å²) in [5.41, 5.74) is 1.20. The first-order chi connectivity index (χ1) is 7.79. The van der Waals surface area contributed by atoms with Crippen LogP contribution in [0.1, 0.15) is 10.5 Å². The van der Waals surface area contributed by atoms with Gasteiger partial charge in [0.2, 0.25) is 0 Å². The molecule has 82 valence electrons. The van der Waals surface area contributed by atoms with Gasteiger partial charge in [-0.1, -0.05) is 18.2 Å². The van der Waals surface area contributed by atoms with E-state index < -0.39 is 0 Å². The van der Waals surface area contributed by atoms with E-state index in [0.29, 0.717) is 5.69 Å². The van der Waals surface area contributed by atoms with E-state index in [1.165, 1.54) is 11.3 Å². The fourth-order valence-electron chi connectivity index (χ4n) is 1.21. The molecule has 0 bridgehead atoms. The van der Waals surface area contributed by atoms with Crippen LogP contribution in [0, 0.1) is 0 Å². The fraction of sp³-hybridized carbons (Fsp3) is 0.0909. The highest BCUT2D eigenvalue weighted by molar-refractivity contribution is 7.13. The molecule has 0 saturated carbocycles. The van der Waals surface area contributed by atoms with Crippen LogP contribution in [0.2, 0.25) is 0 Å². The predicted octanol–water partition coefficient (Wildman–Crippen LogP) is 2.44. The van der Waals surface area contributed by atoms with Crippen molar-refractivity contribution < 1.29 is 4.79 Å². The number of hydrogen-bond acceptors (Lipinski definition) is 4. The van der Waals surface area contributed by atoms with Crippen LogP contribution in [0.25, 0.3) is 0 Å². The smallest absolute Gasteiger partial charge is 0.275 e. The monoisotopic (exact) mass is 233 g/mol. The number of rotatable bonds is 3. The van der Waals surface area contributed by atoms with E-state index in [0.717, 1.165) is 10.8 Å². The van der Waals surface area contributed by atoms with Gasteiger partial charge in [-0.05, 0) is 12.1 Å². The number of nitrogens with zero attached hydrogens (tertiary/aromatic N) is 1. The van der Waals surface area contributed by atoms with Gasteiger partial charge in [-0.3, -0.25) is 4.79 Å². The zero-order valence-electron chi connectivity index (χ0n) is 8.73. The Bertz CT molecular complexity index is 481. The molecule has 2 aromatic rings. The quantitative estimate of drug-likeness (QED) is 0.856. The Morgan fingerprint density at radius 2 is 2.06 bits per heavy atom. The number of nitrogens with one attached hydrogen (secondary N) is 2. The summed E-state index contributed by atoms with van der Waals surface area (Å²) in [5, 5.41) is 8.13. The lowest BCUT2D eigenvalue weighted by molar-refractivity contribution is 0.102. The van der Waals surface area contributed by atoms with Crippen LogP contribution in [0.4, 0.5) is 10.8 Å². The third-order valence-electron chi connectivity index (χ3n) is 1.98. The Morgan fingerprint density at radius 3 is 2.69 bits per heavy atom. The van der Waals surface area contributed by atoms with Crippen molar-refractivity contribution in [2.45, 2.75) is 0 Å². The van der Waals surface area contributed by atoms with Gasteiger partial charge in [0.15, 0.2) is 5.13 Å². The predicted molar refractivity (Wildman–Crippen MR) is 66.1 cm³/mol. The molecule has 1 heterocycles. The van der Waals surface area contributed by atoms with Crippen molar-refractivity contribution in [3.8, 4) is 0 Å². The Labute approximate surface area is 97.3 Å². The molecule has 0 fully saturated rings. The largest absolute Gasteiger partial charge is 0.365 e. The molecule has 0 radical (unpaired) electrons. The standard InChI is InChI=1S/C11H11N3OS/c1-12-11-14-9(7-16-11)10(15)13-8-5-3-2-4-6-8/h2-7H,1H3,(H,12,14)(H,13,15). The molecule has 1 aromatic carbocycles. The van der Waals surface area contributed by atoms with Gasteiger partial charge >= 0.3 is 0 Å². The van der Waals surface area contributed by atoms with E-state index >= 15 is 0 Å². The van der Waals surface area contributed by atoms with Gasteiger partial charge in [0.05, 0.1) is 0 Å². The van der Waals surface area contributed by atoms with E-state index in [-0.39, 0.29) is 5.91 Å². The Balaban J connectivity index is 2.09. The van der Waals surface area contributed by atoms with E-state index in [1.807, 2.05) is 30.3 Å². The van der Waals surface area contributed by atoms with E-state index in [2.05, 4.69) is 15.6 Å². The number of carbonyl (C=O) groups excluding carboxylic acids is 1. The molecule has 0 saturated heterocycles. The topological polar surface area (TPSA) is 54.0 Å². The maximum Gasteiger partial charge on any atom is 0.275 e. The Hall–Kier alpha value is -1.88. The van der Waals surface area contributed by atoms with Crippen molar-refractivity contribution in [3.05, 3.63) is 41.4 Å². The van der Waals surface area contributed by atoms with Gasteiger partial charge in [-0.25, -0.2) is 4.98 Å². The highest BCUT2D eigenvalue weighted by atomic mass is 32.1. The molecule has 0 aliphatic heterocycles. The molecule has 0 aliphatic rings. The van der Waals surface area contributed by atoms with Crippen molar-refractivity contribution in [2.24, 2.45) is 0 Å². The minimum absolute atomic E-state index is 0.191. The molecule has 16 heavy (non-hydrogen) atoms. The van der Waals surface area contributed by atoms with Crippen molar-refractivity contribution in [2.75, 3.05) is 17.7 Å². The van der Waals surface area contributed by atoms with Gasteiger partial charge in [0, 0.05) is 18.1 Å².